The predicted octanol–water partition coefficient (Wildman–Crippen LogP) is 3.16. The number of rotatable bonds is 3. The molecule has 2 saturated heterocycles. The highest BCUT2D eigenvalue weighted by atomic mass is 19.3. The van der Waals surface area contributed by atoms with E-state index in [9.17, 15) is 18.7 Å². The van der Waals surface area contributed by atoms with Crippen LogP contribution < -0.4 is 5.32 Å². The zero-order valence-corrected chi connectivity index (χ0v) is 16.4. The minimum atomic E-state index is -2.81. The van der Waals surface area contributed by atoms with Gasteiger partial charge in [-0.15, -0.1) is 0 Å². The minimum absolute atomic E-state index is 0.159. The molecule has 154 valence electrons. The molecule has 2 heterocycles. The molecule has 4 nitrogen and oxygen atoms in total. The average molecular weight is 392 g/mol. The fourth-order valence-electron chi connectivity index (χ4n) is 5.52. The molecule has 3 fully saturated rings. The number of nitrogens with zero attached hydrogens (tertiary/aromatic N) is 1. The maximum absolute atomic E-state index is 14.0. The molecule has 5 atom stereocenters. The van der Waals surface area contributed by atoms with Crippen LogP contribution in [0, 0.1) is 17.8 Å². The number of carbonyl (C=O) groups is 1. The van der Waals surface area contributed by atoms with Crippen molar-refractivity contribution in [3.8, 4) is 0 Å². The van der Waals surface area contributed by atoms with Gasteiger partial charge in [0.1, 0.15) is 0 Å². The van der Waals surface area contributed by atoms with Crippen LogP contribution in [0.25, 0.3) is 0 Å². The zero-order chi connectivity index (χ0) is 19.9. The van der Waals surface area contributed by atoms with E-state index in [1.54, 1.807) is 35.2 Å². The quantitative estimate of drug-likeness (QED) is 0.831. The summed E-state index contributed by atoms with van der Waals surface area (Å²) in [6.45, 7) is 4.31. The molecule has 6 heteroatoms. The van der Waals surface area contributed by atoms with Gasteiger partial charge in [-0.05, 0) is 50.1 Å². The van der Waals surface area contributed by atoms with Crippen molar-refractivity contribution in [2.75, 3.05) is 19.6 Å². The van der Waals surface area contributed by atoms with Gasteiger partial charge in [0.05, 0.1) is 0 Å². The number of fused-ring (bicyclic) bond motifs is 1. The van der Waals surface area contributed by atoms with E-state index in [1.807, 2.05) is 0 Å². The Morgan fingerprint density at radius 2 is 1.93 bits per heavy atom. The van der Waals surface area contributed by atoms with Crippen molar-refractivity contribution in [2.45, 2.75) is 56.6 Å². The highest BCUT2D eigenvalue weighted by molar-refractivity contribution is 5.87. The van der Waals surface area contributed by atoms with Crippen LogP contribution in [0.4, 0.5) is 8.78 Å². The molecule has 0 radical (unpaired) electrons. The summed E-state index contributed by atoms with van der Waals surface area (Å²) in [5.74, 6) is -3.16. The number of nitrogens with one attached hydrogen (secondary N) is 1. The van der Waals surface area contributed by atoms with Crippen LogP contribution in [-0.4, -0.2) is 47.5 Å². The molecule has 1 aliphatic carbocycles. The SMILES string of the molecule is CC1CC2CN(C(=O)[C@](O)(c3ccccc3)[C@@H]3CCC(F)(F)C3)CC2CCN1. The lowest BCUT2D eigenvalue weighted by Crippen LogP contribution is -2.50. The van der Waals surface area contributed by atoms with Crippen LogP contribution >= 0.6 is 0 Å². The lowest BCUT2D eigenvalue weighted by atomic mass is 9.79. The van der Waals surface area contributed by atoms with Crippen molar-refractivity contribution in [2.24, 2.45) is 17.8 Å². The molecule has 3 aliphatic rings. The largest absolute Gasteiger partial charge is 0.375 e. The predicted molar refractivity (Wildman–Crippen MR) is 103 cm³/mol. The van der Waals surface area contributed by atoms with Crippen LogP contribution in [0.2, 0.25) is 0 Å². The summed E-state index contributed by atoms with van der Waals surface area (Å²) in [6, 6.07) is 9.10. The molecule has 1 saturated carbocycles. The van der Waals surface area contributed by atoms with Crippen LogP contribution in [-0.2, 0) is 10.4 Å². The lowest BCUT2D eigenvalue weighted by molar-refractivity contribution is -0.159. The van der Waals surface area contributed by atoms with Gasteiger partial charge in [-0.1, -0.05) is 30.3 Å². The van der Waals surface area contributed by atoms with Crippen molar-refractivity contribution in [1.29, 1.82) is 0 Å². The monoisotopic (exact) mass is 392 g/mol. The first-order valence-corrected chi connectivity index (χ1v) is 10.5. The summed E-state index contributed by atoms with van der Waals surface area (Å²) in [7, 11) is 0. The van der Waals surface area contributed by atoms with E-state index in [0.717, 1.165) is 19.4 Å². The van der Waals surface area contributed by atoms with Crippen molar-refractivity contribution in [1.82, 2.24) is 10.2 Å². The van der Waals surface area contributed by atoms with Gasteiger partial charge < -0.3 is 15.3 Å². The third kappa shape index (κ3) is 3.57. The molecular weight excluding hydrogens is 362 g/mol. The van der Waals surface area contributed by atoms with E-state index in [0.29, 0.717) is 36.5 Å². The number of hydrogen-bond donors (Lipinski definition) is 2. The summed E-state index contributed by atoms with van der Waals surface area (Å²) in [6.07, 6.45) is 1.45. The lowest BCUT2D eigenvalue weighted by Gasteiger charge is -2.36. The van der Waals surface area contributed by atoms with Gasteiger partial charge in [-0.2, -0.15) is 0 Å². The summed E-state index contributed by atoms with van der Waals surface area (Å²) in [5.41, 5.74) is -1.45. The van der Waals surface area contributed by atoms with Gasteiger partial charge in [0.15, 0.2) is 5.60 Å². The number of benzene rings is 1. The normalized spacial score (nSPS) is 34.5. The molecule has 1 aromatic carbocycles. The molecular formula is C22H30F2N2O2. The summed E-state index contributed by atoms with van der Waals surface area (Å²) in [4.78, 5) is 15.3. The van der Waals surface area contributed by atoms with E-state index < -0.39 is 29.8 Å². The van der Waals surface area contributed by atoms with Gasteiger partial charge in [0.25, 0.3) is 5.91 Å². The number of halogens is 2. The number of alkyl halides is 2. The molecule has 0 aromatic heterocycles. The third-order valence-electron chi connectivity index (χ3n) is 7.06. The molecule has 3 unspecified atom stereocenters. The zero-order valence-electron chi connectivity index (χ0n) is 16.4. The first-order chi connectivity index (χ1) is 13.3. The summed E-state index contributed by atoms with van der Waals surface area (Å²) < 4.78 is 27.9. The average Bonchev–Trinajstić information content (AvgIpc) is 3.19. The molecule has 2 N–H and O–H groups in total. The Labute approximate surface area is 165 Å². The molecule has 4 rings (SSSR count). The molecule has 1 aromatic rings. The Kier molecular flexibility index (Phi) is 5.21. The van der Waals surface area contributed by atoms with Crippen molar-refractivity contribution in [3.05, 3.63) is 35.9 Å². The standard InChI is InChI=1S/C22H30F2N2O2/c1-15-11-17-14-26(13-16(17)8-10-25-15)20(27)22(28,18-5-3-2-4-6-18)19-7-9-21(23,24)12-19/h2-6,15-17,19,25,28H,7-14H2,1H3/t15?,16?,17?,19-,22+/m1/s1. The third-order valence-corrected chi connectivity index (χ3v) is 7.06. The Hall–Kier alpha value is -1.53. The first kappa shape index (κ1) is 19.8. The van der Waals surface area contributed by atoms with Crippen molar-refractivity contribution in [3.63, 3.8) is 0 Å². The fraction of sp³-hybridized carbons (Fsp3) is 0.682. The van der Waals surface area contributed by atoms with Gasteiger partial charge in [0, 0.05) is 37.9 Å². The molecule has 2 aliphatic heterocycles. The van der Waals surface area contributed by atoms with Crippen LogP contribution in [0.5, 0.6) is 0 Å². The second-order valence-electron chi connectivity index (χ2n) is 9.04. The highest BCUT2D eigenvalue weighted by Gasteiger charge is 2.55. The van der Waals surface area contributed by atoms with E-state index in [-0.39, 0.29) is 12.8 Å². The minimum Gasteiger partial charge on any atom is -0.375 e. The Balaban J connectivity index is 1.61. The molecule has 28 heavy (non-hydrogen) atoms. The van der Waals surface area contributed by atoms with E-state index in [2.05, 4.69) is 12.2 Å². The van der Waals surface area contributed by atoms with Crippen LogP contribution in [0.3, 0.4) is 0 Å². The smallest absolute Gasteiger partial charge is 0.259 e. The Bertz CT molecular complexity index is 714. The fourth-order valence-corrected chi connectivity index (χ4v) is 5.52. The second kappa shape index (κ2) is 7.38. The number of carbonyl (C=O) groups excluding carboxylic acids is 1. The molecule has 0 spiro atoms. The van der Waals surface area contributed by atoms with Crippen LogP contribution in [0.15, 0.2) is 30.3 Å². The maximum Gasteiger partial charge on any atom is 0.259 e. The molecule has 0 bridgehead atoms. The second-order valence-corrected chi connectivity index (χ2v) is 9.04. The number of aliphatic hydroxyl groups is 1. The van der Waals surface area contributed by atoms with E-state index in [4.69, 9.17) is 0 Å². The first-order valence-electron chi connectivity index (χ1n) is 10.5. The highest BCUT2D eigenvalue weighted by Crippen LogP contribution is 2.48. The number of hydrogen-bond acceptors (Lipinski definition) is 3. The van der Waals surface area contributed by atoms with Gasteiger partial charge in [0.2, 0.25) is 5.92 Å². The summed E-state index contributed by atoms with van der Waals surface area (Å²) >= 11 is 0. The summed E-state index contributed by atoms with van der Waals surface area (Å²) in [5, 5.41) is 15.1. The van der Waals surface area contributed by atoms with Gasteiger partial charge in [-0.3, -0.25) is 4.79 Å². The van der Waals surface area contributed by atoms with Crippen molar-refractivity contribution < 1.29 is 18.7 Å². The Morgan fingerprint density at radius 1 is 1.21 bits per heavy atom. The van der Waals surface area contributed by atoms with E-state index in [1.165, 1.54) is 0 Å². The van der Waals surface area contributed by atoms with Gasteiger partial charge in [-0.25, -0.2) is 8.78 Å². The van der Waals surface area contributed by atoms with E-state index >= 15 is 0 Å². The number of amides is 1. The topological polar surface area (TPSA) is 52.6 Å². The van der Waals surface area contributed by atoms with Gasteiger partial charge >= 0.3 is 0 Å². The number of likely N-dealkylation sites (tertiary alicyclic amines) is 1. The Morgan fingerprint density at radius 3 is 2.61 bits per heavy atom. The molecule has 1 amide bonds. The van der Waals surface area contributed by atoms with Crippen LogP contribution in [0.1, 0.15) is 44.6 Å². The van der Waals surface area contributed by atoms with Crippen molar-refractivity contribution >= 4 is 5.91 Å². The maximum atomic E-state index is 14.0.